The molecule has 1 heterocycles. The maximum absolute atomic E-state index is 13.1. The molecule has 0 saturated heterocycles. The average molecular weight is 318 g/mol. The highest BCUT2D eigenvalue weighted by Gasteiger charge is 2.33. The molecule has 22 heavy (non-hydrogen) atoms. The first kappa shape index (κ1) is 16.7. The summed E-state index contributed by atoms with van der Waals surface area (Å²) in [5, 5.41) is 38.7. The smallest absolute Gasteiger partial charge is 0.161 e. The fourth-order valence-electron chi connectivity index (χ4n) is 2.06. The summed E-state index contributed by atoms with van der Waals surface area (Å²) in [7, 11) is 1.22. The molecule has 0 aliphatic carbocycles. The Balaban J connectivity index is 2.27. The number of fused-ring (bicyclic) bond motifs is 1. The number of hydrogen-bond acceptors (Lipinski definition) is 6. The number of H-pyrrole nitrogens is 1. The topological polar surface area (TPSA) is 119 Å². The van der Waals surface area contributed by atoms with Gasteiger partial charge in [-0.05, 0) is 0 Å². The Morgan fingerprint density at radius 1 is 1.18 bits per heavy atom. The van der Waals surface area contributed by atoms with E-state index in [1.165, 1.54) is 7.11 Å². The maximum Gasteiger partial charge on any atom is 0.161 e. The Labute approximate surface area is 123 Å². The number of ether oxygens (including phenoxy) is 1. The molecule has 0 aliphatic rings. The number of aromatic amines is 1. The summed E-state index contributed by atoms with van der Waals surface area (Å²) in [4.78, 5) is 6.37. The predicted octanol–water partition coefficient (Wildman–Crippen LogP) is -0.396. The molecule has 7 nitrogen and oxygen atoms in total. The highest BCUT2D eigenvalue weighted by molar-refractivity contribution is 5.75. The van der Waals surface area contributed by atoms with Crippen molar-refractivity contribution in [2.75, 3.05) is 13.7 Å². The van der Waals surface area contributed by atoms with Crippen molar-refractivity contribution < 1.29 is 33.9 Å². The fraction of sp³-hybridized carbons (Fsp3) is 0.462. The molecule has 0 radical (unpaired) electrons. The second-order valence-corrected chi connectivity index (χ2v) is 4.79. The van der Waals surface area contributed by atoms with E-state index in [9.17, 15) is 24.1 Å². The molecule has 0 spiro atoms. The molecule has 5 N–H and O–H groups in total. The lowest BCUT2D eigenvalue weighted by atomic mass is 10.0. The molecule has 0 aliphatic heterocycles. The Hall–Kier alpha value is -1.65. The Morgan fingerprint density at radius 2 is 1.82 bits per heavy atom. The van der Waals surface area contributed by atoms with E-state index in [-0.39, 0.29) is 16.9 Å². The maximum atomic E-state index is 13.1. The van der Waals surface area contributed by atoms with Crippen molar-refractivity contribution in [2.24, 2.45) is 0 Å². The molecule has 0 saturated carbocycles. The molecule has 1 aromatic carbocycles. The van der Waals surface area contributed by atoms with Crippen molar-refractivity contribution in [3.8, 4) is 0 Å². The second kappa shape index (κ2) is 6.63. The third-order valence-electron chi connectivity index (χ3n) is 3.36. The summed E-state index contributed by atoms with van der Waals surface area (Å²) in [6.07, 6.45) is -6.10. The molecule has 0 fully saturated rings. The van der Waals surface area contributed by atoms with E-state index in [1.54, 1.807) is 0 Å². The normalized spacial score (nSPS) is 17.4. The van der Waals surface area contributed by atoms with Gasteiger partial charge in [0, 0.05) is 19.2 Å². The monoisotopic (exact) mass is 318 g/mol. The Kier molecular flexibility index (Phi) is 5.04. The van der Waals surface area contributed by atoms with E-state index in [1.807, 2.05) is 0 Å². The third-order valence-corrected chi connectivity index (χ3v) is 3.36. The van der Waals surface area contributed by atoms with Crippen molar-refractivity contribution >= 4 is 11.0 Å². The van der Waals surface area contributed by atoms with E-state index in [0.29, 0.717) is 0 Å². The lowest BCUT2D eigenvalue weighted by Gasteiger charge is -2.26. The zero-order valence-corrected chi connectivity index (χ0v) is 11.6. The van der Waals surface area contributed by atoms with Gasteiger partial charge in [0.05, 0.1) is 17.6 Å². The minimum Gasteiger partial charge on any atom is -0.394 e. The van der Waals surface area contributed by atoms with Gasteiger partial charge in [-0.25, -0.2) is 13.8 Å². The number of benzene rings is 1. The number of imidazole rings is 1. The van der Waals surface area contributed by atoms with Crippen LogP contribution in [0, 0.1) is 11.6 Å². The standard InChI is InChI=1S/C13H16F2N2O5/c1-22-9(4-18)10(19)11(20)12(21)13-16-7-2-5(14)6(15)3-8(7)17-13/h2-3,9-12,18-21H,4H2,1H3,(H,16,17)/t9?,10-,11?,12?/m1/s1. The summed E-state index contributed by atoms with van der Waals surface area (Å²) in [6, 6.07) is 1.70. The first-order valence-electron chi connectivity index (χ1n) is 6.41. The van der Waals surface area contributed by atoms with Crippen LogP contribution in [0.1, 0.15) is 11.9 Å². The van der Waals surface area contributed by atoms with Crippen LogP contribution in [0.4, 0.5) is 8.78 Å². The van der Waals surface area contributed by atoms with E-state index >= 15 is 0 Å². The summed E-state index contributed by atoms with van der Waals surface area (Å²) >= 11 is 0. The van der Waals surface area contributed by atoms with E-state index < -0.39 is 42.7 Å². The van der Waals surface area contributed by atoms with Crippen LogP contribution in [0.5, 0.6) is 0 Å². The zero-order chi connectivity index (χ0) is 16.4. The molecular weight excluding hydrogens is 302 g/mol. The zero-order valence-electron chi connectivity index (χ0n) is 11.6. The minimum absolute atomic E-state index is 0.0556. The second-order valence-electron chi connectivity index (χ2n) is 4.79. The van der Waals surface area contributed by atoms with Crippen molar-refractivity contribution in [2.45, 2.75) is 24.4 Å². The molecule has 1 aromatic heterocycles. The number of aromatic nitrogens is 2. The van der Waals surface area contributed by atoms with Gasteiger partial charge >= 0.3 is 0 Å². The van der Waals surface area contributed by atoms with Gasteiger partial charge in [-0.3, -0.25) is 0 Å². The molecule has 2 rings (SSSR count). The molecule has 4 atom stereocenters. The molecule has 122 valence electrons. The number of rotatable bonds is 6. The highest BCUT2D eigenvalue weighted by atomic mass is 19.2. The van der Waals surface area contributed by atoms with Gasteiger partial charge in [0.2, 0.25) is 0 Å². The number of nitrogens with one attached hydrogen (secondary N) is 1. The predicted molar refractivity (Wildman–Crippen MR) is 70.9 cm³/mol. The van der Waals surface area contributed by atoms with E-state index in [2.05, 4.69) is 9.97 Å². The van der Waals surface area contributed by atoms with Crippen LogP contribution in [0.15, 0.2) is 12.1 Å². The summed E-state index contributed by atoms with van der Waals surface area (Å²) in [5.41, 5.74) is 0.181. The lowest BCUT2D eigenvalue weighted by molar-refractivity contribution is -0.127. The number of aliphatic hydroxyl groups is 4. The van der Waals surface area contributed by atoms with Crippen LogP contribution in [-0.2, 0) is 4.74 Å². The quantitative estimate of drug-likeness (QED) is 0.495. The van der Waals surface area contributed by atoms with Crippen LogP contribution in [0.25, 0.3) is 11.0 Å². The number of hydrogen-bond donors (Lipinski definition) is 5. The Morgan fingerprint density at radius 3 is 2.41 bits per heavy atom. The summed E-state index contributed by atoms with van der Waals surface area (Å²) in [5.74, 6) is -2.36. The molecule has 2 aromatic rings. The third kappa shape index (κ3) is 3.08. The van der Waals surface area contributed by atoms with Gasteiger partial charge in [0.1, 0.15) is 30.2 Å². The van der Waals surface area contributed by atoms with Gasteiger partial charge < -0.3 is 30.1 Å². The van der Waals surface area contributed by atoms with Crippen LogP contribution < -0.4 is 0 Å². The van der Waals surface area contributed by atoms with Crippen LogP contribution in [-0.4, -0.2) is 62.4 Å². The highest BCUT2D eigenvalue weighted by Crippen LogP contribution is 2.23. The van der Waals surface area contributed by atoms with Crippen molar-refractivity contribution in [1.82, 2.24) is 9.97 Å². The minimum atomic E-state index is -1.73. The SMILES string of the molecule is COC(CO)[C@@H](O)C(O)C(O)c1nc2cc(F)c(F)cc2[nH]1. The van der Waals surface area contributed by atoms with Gasteiger partial charge in [0.25, 0.3) is 0 Å². The number of nitrogens with zero attached hydrogens (tertiary/aromatic N) is 1. The molecular formula is C13H16F2N2O5. The lowest BCUT2D eigenvalue weighted by Crippen LogP contribution is -2.43. The summed E-state index contributed by atoms with van der Waals surface area (Å²) < 4.78 is 31.0. The van der Waals surface area contributed by atoms with E-state index in [4.69, 9.17) is 9.84 Å². The molecule has 9 heteroatoms. The van der Waals surface area contributed by atoms with Crippen LogP contribution in [0.3, 0.4) is 0 Å². The van der Waals surface area contributed by atoms with E-state index in [0.717, 1.165) is 12.1 Å². The molecule has 0 bridgehead atoms. The van der Waals surface area contributed by atoms with Crippen molar-refractivity contribution in [3.05, 3.63) is 29.6 Å². The fourth-order valence-corrected chi connectivity index (χ4v) is 2.06. The van der Waals surface area contributed by atoms with Gasteiger partial charge in [-0.1, -0.05) is 0 Å². The Bertz CT molecular complexity index is 608. The number of methoxy groups -OCH3 is 1. The van der Waals surface area contributed by atoms with Crippen LogP contribution in [0.2, 0.25) is 0 Å². The first-order chi connectivity index (χ1) is 10.4. The van der Waals surface area contributed by atoms with Gasteiger partial charge in [-0.15, -0.1) is 0 Å². The molecule has 0 amide bonds. The van der Waals surface area contributed by atoms with Gasteiger partial charge in [-0.2, -0.15) is 0 Å². The average Bonchev–Trinajstić information content (AvgIpc) is 2.90. The van der Waals surface area contributed by atoms with Crippen molar-refractivity contribution in [3.63, 3.8) is 0 Å². The van der Waals surface area contributed by atoms with Crippen LogP contribution >= 0.6 is 0 Å². The van der Waals surface area contributed by atoms with Crippen molar-refractivity contribution in [1.29, 1.82) is 0 Å². The summed E-state index contributed by atoms with van der Waals surface area (Å²) in [6.45, 7) is -0.571. The first-order valence-corrected chi connectivity index (χ1v) is 6.41. The number of aliphatic hydroxyl groups excluding tert-OH is 4. The molecule has 3 unspecified atom stereocenters. The van der Waals surface area contributed by atoms with Gasteiger partial charge in [0.15, 0.2) is 11.6 Å². The number of halogens is 2. The largest absolute Gasteiger partial charge is 0.394 e.